The van der Waals surface area contributed by atoms with E-state index in [-0.39, 0.29) is 6.10 Å². The second-order valence-electron chi connectivity index (χ2n) is 8.95. The van der Waals surface area contributed by atoms with Crippen LogP contribution in [-0.4, -0.2) is 63.3 Å². The molecule has 0 radical (unpaired) electrons. The summed E-state index contributed by atoms with van der Waals surface area (Å²) < 4.78 is 2.03. The van der Waals surface area contributed by atoms with Gasteiger partial charge in [0.1, 0.15) is 0 Å². The van der Waals surface area contributed by atoms with Gasteiger partial charge in [-0.25, -0.2) is 4.68 Å². The molecule has 0 unspecified atom stereocenters. The van der Waals surface area contributed by atoms with Crippen molar-refractivity contribution >= 4 is 5.69 Å². The van der Waals surface area contributed by atoms with Crippen LogP contribution in [0.25, 0.3) is 0 Å². The minimum Gasteiger partial charge on any atom is -0.393 e. The zero-order valence-electron chi connectivity index (χ0n) is 18.1. The number of aromatic nitrogens is 3. The molecular formula is C23H35N5O. The lowest BCUT2D eigenvalue weighted by molar-refractivity contribution is 0.113. The molecule has 3 heterocycles. The van der Waals surface area contributed by atoms with Crippen molar-refractivity contribution in [3.63, 3.8) is 0 Å². The molecule has 1 aromatic carbocycles. The lowest BCUT2D eigenvalue weighted by Gasteiger charge is -2.42. The average Bonchev–Trinajstić information content (AvgIpc) is 3.18. The first-order chi connectivity index (χ1) is 14.0. The number of hydrogen-bond donors (Lipinski definition) is 1. The maximum Gasteiger partial charge on any atom is 0.0852 e. The van der Waals surface area contributed by atoms with Gasteiger partial charge in [0.25, 0.3) is 0 Å². The van der Waals surface area contributed by atoms with Gasteiger partial charge in [-0.05, 0) is 63.6 Å². The van der Waals surface area contributed by atoms with E-state index in [9.17, 15) is 5.11 Å². The molecular weight excluding hydrogens is 362 g/mol. The molecule has 2 aliphatic heterocycles. The summed E-state index contributed by atoms with van der Waals surface area (Å²) >= 11 is 0. The lowest BCUT2D eigenvalue weighted by atomic mass is 9.97. The van der Waals surface area contributed by atoms with Crippen molar-refractivity contribution in [3.05, 3.63) is 41.2 Å². The van der Waals surface area contributed by atoms with Crippen LogP contribution in [0, 0.1) is 13.8 Å². The molecule has 0 aliphatic carbocycles. The third kappa shape index (κ3) is 4.64. The van der Waals surface area contributed by atoms with Gasteiger partial charge in [-0.3, -0.25) is 0 Å². The Labute approximate surface area is 174 Å². The molecule has 4 rings (SSSR count). The zero-order chi connectivity index (χ0) is 20.4. The van der Waals surface area contributed by atoms with Crippen LogP contribution >= 0.6 is 0 Å². The minimum atomic E-state index is -0.364. The predicted octanol–water partition coefficient (Wildman–Crippen LogP) is 3.12. The molecule has 2 fully saturated rings. The number of nitrogens with zero attached hydrogens (tertiary/aromatic N) is 5. The third-order valence-electron chi connectivity index (χ3n) is 6.83. The molecule has 6 heteroatoms. The van der Waals surface area contributed by atoms with E-state index in [1.807, 2.05) is 10.9 Å². The number of anilines is 1. The predicted molar refractivity (Wildman–Crippen MR) is 116 cm³/mol. The number of aliphatic hydroxyl groups is 1. The van der Waals surface area contributed by atoms with Gasteiger partial charge in [-0.1, -0.05) is 17.3 Å². The fourth-order valence-corrected chi connectivity index (χ4v) is 4.95. The average molecular weight is 398 g/mol. The number of hydrogen-bond acceptors (Lipinski definition) is 5. The highest BCUT2D eigenvalue weighted by atomic mass is 16.3. The third-order valence-corrected chi connectivity index (χ3v) is 6.83. The fourth-order valence-electron chi connectivity index (χ4n) is 4.95. The molecule has 1 aromatic heterocycles. The largest absolute Gasteiger partial charge is 0.393 e. The Morgan fingerprint density at radius 3 is 2.41 bits per heavy atom. The summed E-state index contributed by atoms with van der Waals surface area (Å²) in [5.41, 5.74) is 5.12. The van der Waals surface area contributed by atoms with E-state index in [0.717, 1.165) is 44.7 Å². The van der Waals surface area contributed by atoms with Gasteiger partial charge in [0.15, 0.2) is 0 Å². The van der Waals surface area contributed by atoms with Crippen LogP contribution in [0.5, 0.6) is 0 Å². The standard InChI is InChI=1S/C23H35N5O/c1-17-5-4-6-23(19(17)3)27-13-7-21(8-14-27)26-11-9-22(10-12-26)28-16-20(24-25-28)15-18(2)29/h4-6,16,18,21-22,29H,7-15H2,1-3H3/t18-/m0/s1. The second kappa shape index (κ2) is 8.84. The quantitative estimate of drug-likeness (QED) is 0.840. The minimum absolute atomic E-state index is 0.364. The second-order valence-corrected chi connectivity index (χ2v) is 8.95. The summed E-state index contributed by atoms with van der Waals surface area (Å²) in [6, 6.07) is 7.82. The Morgan fingerprint density at radius 1 is 1.03 bits per heavy atom. The summed E-state index contributed by atoms with van der Waals surface area (Å²) in [5.74, 6) is 0. The molecule has 0 saturated carbocycles. The molecule has 158 valence electrons. The number of rotatable bonds is 5. The van der Waals surface area contributed by atoms with Gasteiger partial charge < -0.3 is 14.9 Å². The van der Waals surface area contributed by atoms with Crippen molar-refractivity contribution in [2.45, 2.75) is 71.1 Å². The topological polar surface area (TPSA) is 57.4 Å². The summed E-state index contributed by atoms with van der Waals surface area (Å²) in [4.78, 5) is 5.27. The smallest absolute Gasteiger partial charge is 0.0852 e. The fraction of sp³-hybridized carbons (Fsp3) is 0.652. The van der Waals surface area contributed by atoms with Crippen molar-refractivity contribution in [1.82, 2.24) is 19.9 Å². The van der Waals surface area contributed by atoms with Crippen molar-refractivity contribution in [3.8, 4) is 0 Å². The monoisotopic (exact) mass is 397 g/mol. The van der Waals surface area contributed by atoms with Gasteiger partial charge >= 0.3 is 0 Å². The molecule has 0 amide bonds. The zero-order valence-corrected chi connectivity index (χ0v) is 18.1. The van der Waals surface area contributed by atoms with Gasteiger partial charge in [-0.15, -0.1) is 5.10 Å². The first-order valence-corrected chi connectivity index (χ1v) is 11.1. The number of aliphatic hydroxyl groups excluding tert-OH is 1. The van der Waals surface area contributed by atoms with Crippen molar-refractivity contribution in [1.29, 1.82) is 0 Å². The van der Waals surface area contributed by atoms with E-state index < -0.39 is 0 Å². The number of piperidine rings is 2. The summed E-state index contributed by atoms with van der Waals surface area (Å²) in [6.45, 7) is 10.8. The summed E-state index contributed by atoms with van der Waals surface area (Å²) in [6.07, 6.45) is 7.01. The lowest BCUT2D eigenvalue weighted by Crippen LogP contribution is -2.48. The first-order valence-electron chi connectivity index (χ1n) is 11.1. The van der Waals surface area contributed by atoms with Gasteiger partial charge in [0.05, 0.1) is 17.8 Å². The van der Waals surface area contributed by atoms with E-state index >= 15 is 0 Å². The molecule has 1 N–H and O–H groups in total. The Hall–Kier alpha value is -1.92. The van der Waals surface area contributed by atoms with Crippen LogP contribution in [0.2, 0.25) is 0 Å². The molecule has 6 nitrogen and oxygen atoms in total. The Morgan fingerprint density at radius 2 is 1.72 bits per heavy atom. The Balaban J connectivity index is 1.28. The normalized spacial score (nSPS) is 20.9. The maximum atomic E-state index is 9.54. The summed E-state index contributed by atoms with van der Waals surface area (Å²) in [5, 5.41) is 18.1. The van der Waals surface area contributed by atoms with Crippen LogP contribution in [0.4, 0.5) is 5.69 Å². The van der Waals surface area contributed by atoms with Gasteiger partial charge in [0.2, 0.25) is 0 Å². The van der Waals surface area contributed by atoms with Crippen LogP contribution in [0.1, 0.15) is 55.5 Å². The van der Waals surface area contributed by atoms with Crippen LogP contribution < -0.4 is 4.90 Å². The molecule has 2 aromatic rings. The molecule has 0 bridgehead atoms. The first kappa shape index (κ1) is 20.4. The van der Waals surface area contributed by atoms with Gasteiger partial charge in [0, 0.05) is 50.5 Å². The van der Waals surface area contributed by atoms with Gasteiger partial charge in [-0.2, -0.15) is 0 Å². The van der Waals surface area contributed by atoms with E-state index in [4.69, 9.17) is 0 Å². The molecule has 2 aliphatic rings. The van der Waals surface area contributed by atoms with Crippen molar-refractivity contribution in [2.24, 2.45) is 0 Å². The highest BCUT2D eigenvalue weighted by molar-refractivity contribution is 5.56. The molecule has 0 spiro atoms. The van der Waals surface area contributed by atoms with Crippen molar-refractivity contribution in [2.75, 3.05) is 31.1 Å². The van der Waals surface area contributed by atoms with Crippen LogP contribution in [0.3, 0.4) is 0 Å². The van der Waals surface area contributed by atoms with E-state index in [0.29, 0.717) is 18.5 Å². The molecule has 1 atom stereocenters. The number of aryl methyl sites for hydroxylation is 1. The van der Waals surface area contributed by atoms with E-state index in [1.165, 1.54) is 29.7 Å². The maximum absolute atomic E-state index is 9.54. The Bertz CT molecular complexity index is 801. The van der Waals surface area contributed by atoms with Crippen LogP contribution in [0.15, 0.2) is 24.4 Å². The summed E-state index contributed by atoms with van der Waals surface area (Å²) in [7, 11) is 0. The number of likely N-dealkylation sites (tertiary alicyclic amines) is 1. The Kier molecular flexibility index (Phi) is 6.20. The van der Waals surface area contributed by atoms with E-state index in [1.54, 1.807) is 6.92 Å². The number of benzene rings is 1. The highest BCUT2D eigenvalue weighted by Gasteiger charge is 2.29. The van der Waals surface area contributed by atoms with Crippen molar-refractivity contribution < 1.29 is 5.11 Å². The van der Waals surface area contributed by atoms with E-state index in [2.05, 4.69) is 52.2 Å². The molecule has 29 heavy (non-hydrogen) atoms. The molecule has 2 saturated heterocycles. The highest BCUT2D eigenvalue weighted by Crippen LogP contribution is 2.30. The van der Waals surface area contributed by atoms with Crippen LogP contribution in [-0.2, 0) is 6.42 Å². The SMILES string of the molecule is Cc1cccc(N2CCC(N3CCC(n4cc(C[C@H](C)O)nn4)CC3)CC2)c1C.